The summed E-state index contributed by atoms with van der Waals surface area (Å²) in [5, 5.41) is 4.45. The van der Waals surface area contributed by atoms with Crippen LogP contribution in [0.4, 0.5) is 10.3 Å². The van der Waals surface area contributed by atoms with E-state index >= 15 is 0 Å². The Morgan fingerprint density at radius 1 is 1.18 bits per heavy atom. The molecular weight excluding hydrogens is 417 g/mol. The van der Waals surface area contributed by atoms with Crippen molar-refractivity contribution < 1.29 is 13.7 Å². The molecule has 174 valence electrons. The third kappa shape index (κ3) is 5.10. The monoisotopic (exact) mass is 449 g/mol. The summed E-state index contributed by atoms with van der Waals surface area (Å²) in [4.78, 5) is 17.6. The molecule has 1 saturated heterocycles. The fourth-order valence-corrected chi connectivity index (χ4v) is 4.33. The molecule has 1 unspecified atom stereocenters. The molecule has 0 N–H and O–H groups in total. The first-order chi connectivity index (χ1) is 16.0. The number of carbonyl (C=O) groups excluding carboxylic acids is 1. The summed E-state index contributed by atoms with van der Waals surface area (Å²) in [5.41, 5.74) is 2.96. The third-order valence-corrected chi connectivity index (χ3v) is 6.67. The van der Waals surface area contributed by atoms with Crippen LogP contribution in [0.2, 0.25) is 0 Å². The molecule has 1 aliphatic heterocycles. The van der Waals surface area contributed by atoms with Gasteiger partial charge in [-0.15, -0.1) is 0 Å². The second-order valence-corrected chi connectivity index (χ2v) is 9.05. The van der Waals surface area contributed by atoms with Crippen LogP contribution in [-0.4, -0.2) is 35.1 Å². The Balaban J connectivity index is 1.74. The van der Waals surface area contributed by atoms with Gasteiger partial charge in [-0.3, -0.25) is 4.79 Å². The number of hydrogen-bond acceptors (Lipinski definition) is 4. The molecule has 4 rings (SSSR count). The molecule has 1 amide bonds. The van der Waals surface area contributed by atoms with E-state index in [0.29, 0.717) is 18.0 Å². The molecular formula is C27H32FN3O2. The molecule has 1 fully saturated rings. The second-order valence-electron chi connectivity index (χ2n) is 9.05. The van der Waals surface area contributed by atoms with Gasteiger partial charge in [-0.25, -0.2) is 4.39 Å². The third-order valence-electron chi connectivity index (χ3n) is 6.67. The first kappa shape index (κ1) is 23.0. The molecule has 0 aliphatic carbocycles. The van der Waals surface area contributed by atoms with Gasteiger partial charge in [-0.1, -0.05) is 55.4 Å². The van der Waals surface area contributed by atoms with Crippen molar-refractivity contribution in [3.63, 3.8) is 0 Å². The number of hydrogen-bond donors (Lipinski definition) is 0. The van der Waals surface area contributed by atoms with Crippen LogP contribution < -0.4 is 4.90 Å². The maximum Gasteiger partial charge on any atom is 0.254 e. The van der Waals surface area contributed by atoms with Gasteiger partial charge in [0, 0.05) is 30.3 Å². The first-order valence-corrected chi connectivity index (χ1v) is 11.8. The summed E-state index contributed by atoms with van der Waals surface area (Å²) in [6.45, 7) is 8.50. The van der Waals surface area contributed by atoms with E-state index in [0.717, 1.165) is 55.1 Å². The van der Waals surface area contributed by atoms with Crippen molar-refractivity contribution in [2.24, 2.45) is 5.92 Å². The summed E-state index contributed by atoms with van der Waals surface area (Å²) < 4.78 is 19.8. The van der Waals surface area contributed by atoms with Crippen LogP contribution in [0, 0.1) is 11.7 Å². The molecule has 0 saturated carbocycles. The Hall–Kier alpha value is -3.15. The minimum absolute atomic E-state index is 0.0338. The van der Waals surface area contributed by atoms with Gasteiger partial charge < -0.3 is 14.3 Å². The maximum absolute atomic E-state index is 13.9. The number of amides is 1. The van der Waals surface area contributed by atoms with E-state index in [2.05, 4.69) is 23.9 Å². The zero-order chi connectivity index (χ0) is 23.4. The Bertz CT molecular complexity index is 1070. The van der Waals surface area contributed by atoms with Crippen LogP contribution in [0.5, 0.6) is 0 Å². The number of piperidine rings is 1. The molecule has 33 heavy (non-hydrogen) atoms. The van der Waals surface area contributed by atoms with Crippen LogP contribution >= 0.6 is 0 Å². The van der Waals surface area contributed by atoms with Crippen LogP contribution in [0.15, 0.2) is 59.1 Å². The van der Waals surface area contributed by atoms with Crippen LogP contribution in [0.25, 0.3) is 11.3 Å². The highest BCUT2D eigenvalue weighted by atomic mass is 19.1. The van der Waals surface area contributed by atoms with E-state index < -0.39 is 5.82 Å². The van der Waals surface area contributed by atoms with E-state index in [1.54, 1.807) is 12.1 Å². The summed E-state index contributed by atoms with van der Waals surface area (Å²) >= 11 is 0. The normalized spacial score (nSPS) is 15.5. The molecule has 3 aromatic rings. The Kier molecular flexibility index (Phi) is 7.11. The lowest BCUT2D eigenvalue weighted by atomic mass is 9.98. The lowest BCUT2D eigenvalue weighted by Gasteiger charge is -2.32. The van der Waals surface area contributed by atoms with E-state index in [9.17, 15) is 9.18 Å². The van der Waals surface area contributed by atoms with Crippen LogP contribution in [0.1, 0.15) is 56.0 Å². The van der Waals surface area contributed by atoms with Crippen molar-refractivity contribution in [2.45, 2.75) is 52.6 Å². The SMILES string of the molecule is CCC(C)N(Cc1c(-c2ccccc2)noc1N1CCC(C)CC1)C(=O)c1cccc(F)c1. The number of benzene rings is 2. The van der Waals surface area contributed by atoms with E-state index in [-0.39, 0.29) is 11.9 Å². The van der Waals surface area contributed by atoms with Gasteiger partial charge in [-0.2, -0.15) is 0 Å². The van der Waals surface area contributed by atoms with Gasteiger partial charge in [0.25, 0.3) is 5.91 Å². The summed E-state index contributed by atoms with van der Waals surface area (Å²) in [7, 11) is 0. The quantitative estimate of drug-likeness (QED) is 0.434. The van der Waals surface area contributed by atoms with E-state index in [4.69, 9.17) is 4.52 Å². The van der Waals surface area contributed by atoms with Crippen molar-refractivity contribution in [3.05, 3.63) is 71.5 Å². The van der Waals surface area contributed by atoms with Crippen molar-refractivity contribution >= 4 is 11.8 Å². The average molecular weight is 450 g/mol. The minimum atomic E-state index is -0.414. The van der Waals surface area contributed by atoms with Crippen molar-refractivity contribution in [1.82, 2.24) is 10.1 Å². The largest absolute Gasteiger partial charge is 0.340 e. The van der Waals surface area contributed by atoms with E-state index in [1.807, 2.05) is 42.2 Å². The fourth-order valence-electron chi connectivity index (χ4n) is 4.33. The molecule has 2 heterocycles. The highest BCUT2D eigenvalue weighted by Gasteiger charge is 2.30. The molecule has 0 spiro atoms. The topological polar surface area (TPSA) is 49.6 Å². The molecule has 5 nitrogen and oxygen atoms in total. The Morgan fingerprint density at radius 3 is 2.58 bits per heavy atom. The van der Waals surface area contributed by atoms with Gasteiger partial charge >= 0.3 is 0 Å². The van der Waals surface area contributed by atoms with Gasteiger partial charge in [0.05, 0.1) is 12.1 Å². The maximum atomic E-state index is 13.9. The zero-order valence-corrected chi connectivity index (χ0v) is 19.6. The number of anilines is 1. The van der Waals surface area contributed by atoms with Gasteiger partial charge in [0.1, 0.15) is 11.5 Å². The van der Waals surface area contributed by atoms with Gasteiger partial charge in [-0.05, 0) is 50.3 Å². The second kappa shape index (κ2) is 10.2. The summed E-state index contributed by atoms with van der Waals surface area (Å²) in [5.74, 6) is 0.818. The predicted octanol–water partition coefficient (Wildman–Crippen LogP) is 6.16. The molecule has 1 aromatic heterocycles. The van der Waals surface area contributed by atoms with Gasteiger partial charge in [0.2, 0.25) is 5.88 Å². The zero-order valence-electron chi connectivity index (χ0n) is 19.6. The number of carbonyl (C=O) groups is 1. The number of halogens is 1. The molecule has 6 heteroatoms. The number of aromatic nitrogens is 1. The van der Waals surface area contributed by atoms with Crippen molar-refractivity contribution in [3.8, 4) is 11.3 Å². The van der Waals surface area contributed by atoms with Crippen LogP contribution in [0.3, 0.4) is 0 Å². The molecule has 0 radical (unpaired) electrons. The Labute approximate surface area is 195 Å². The highest BCUT2D eigenvalue weighted by Crippen LogP contribution is 2.35. The summed E-state index contributed by atoms with van der Waals surface area (Å²) in [6, 6.07) is 15.8. The minimum Gasteiger partial charge on any atom is -0.340 e. The Morgan fingerprint density at radius 2 is 1.91 bits per heavy atom. The van der Waals surface area contributed by atoms with Crippen LogP contribution in [-0.2, 0) is 6.54 Å². The number of rotatable bonds is 7. The standard InChI is InChI=1S/C27H32FN3O2/c1-4-20(3)31(26(32)22-11-8-12-23(28)17-22)18-24-25(21-9-6-5-7-10-21)29-33-27(24)30-15-13-19(2)14-16-30/h5-12,17,19-20H,4,13-16,18H2,1-3H3. The molecule has 0 bridgehead atoms. The highest BCUT2D eigenvalue weighted by molar-refractivity contribution is 5.94. The molecule has 2 aromatic carbocycles. The van der Waals surface area contributed by atoms with Crippen molar-refractivity contribution in [1.29, 1.82) is 0 Å². The molecule has 1 aliphatic rings. The van der Waals surface area contributed by atoms with Crippen molar-refractivity contribution in [2.75, 3.05) is 18.0 Å². The first-order valence-electron chi connectivity index (χ1n) is 11.8. The molecule has 1 atom stereocenters. The lowest BCUT2D eigenvalue weighted by molar-refractivity contribution is 0.0671. The lowest BCUT2D eigenvalue weighted by Crippen LogP contribution is -2.39. The average Bonchev–Trinajstić information content (AvgIpc) is 3.26. The smallest absolute Gasteiger partial charge is 0.254 e. The van der Waals surface area contributed by atoms with E-state index in [1.165, 1.54) is 12.1 Å². The van der Waals surface area contributed by atoms with Gasteiger partial charge in [0.15, 0.2) is 0 Å². The fraction of sp³-hybridized carbons (Fsp3) is 0.407. The number of nitrogens with zero attached hydrogens (tertiary/aromatic N) is 3. The summed E-state index contributed by atoms with van der Waals surface area (Å²) in [6.07, 6.45) is 2.97. The predicted molar refractivity (Wildman–Crippen MR) is 129 cm³/mol.